The molecule has 3 heteroatoms. The van der Waals surface area contributed by atoms with Crippen molar-refractivity contribution in [3.05, 3.63) is 35.8 Å². The third-order valence-electron chi connectivity index (χ3n) is 1.87. The Balaban J connectivity index is 2.66. The van der Waals surface area contributed by atoms with Crippen LogP contribution in [-0.4, -0.2) is 9.38 Å². The van der Waals surface area contributed by atoms with Crippen LogP contribution < -0.4 is 5.73 Å². The van der Waals surface area contributed by atoms with Crippen LogP contribution in [0.5, 0.6) is 0 Å². The van der Waals surface area contributed by atoms with Gasteiger partial charge >= 0.3 is 0 Å². The van der Waals surface area contributed by atoms with E-state index in [9.17, 15) is 0 Å². The summed E-state index contributed by atoms with van der Waals surface area (Å²) >= 11 is 0. The van der Waals surface area contributed by atoms with E-state index in [1.54, 1.807) is 0 Å². The molecule has 0 saturated carbocycles. The number of aryl methyl sites for hydroxylation is 1. The third-order valence-corrected chi connectivity index (χ3v) is 1.87. The average molecular weight is 161 g/mol. The largest absolute Gasteiger partial charge is 0.326 e. The van der Waals surface area contributed by atoms with Crippen molar-refractivity contribution in [1.29, 1.82) is 0 Å². The Morgan fingerprint density at radius 3 is 3.00 bits per heavy atom. The first-order valence-electron chi connectivity index (χ1n) is 3.94. The van der Waals surface area contributed by atoms with Gasteiger partial charge in [-0.1, -0.05) is 6.07 Å². The van der Waals surface area contributed by atoms with Crippen molar-refractivity contribution in [1.82, 2.24) is 9.38 Å². The van der Waals surface area contributed by atoms with Crippen LogP contribution in [-0.2, 0) is 6.54 Å². The number of nitrogens with zero attached hydrogens (tertiary/aromatic N) is 2. The lowest BCUT2D eigenvalue weighted by molar-refractivity contribution is 1.03. The molecule has 0 spiro atoms. The van der Waals surface area contributed by atoms with Gasteiger partial charge in [0.1, 0.15) is 5.65 Å². The van der Waals surface area contributed by atoms with E-state index in [2.05, 4.69) is 4.98 Å². The lowest BCUT2D eigenvalue weighted by Crippen LogP contribution is -1.97. The topological polar surface area (TPSA) is 43.3 Å². The predicted octanol–water partition coefficient (Wildman–Crippen LogP) is 1.10. The maximum Gasteiger partial charge on any atom is 0.136 e. The van der Waals surface area contributed by atoms with Gasteiger partial charge in [-0.25, -0.2) is 4.98 Å². The summed E-state index contributed by atoms with van der Waals surface area (Å²) in [5, 5.41) is 0. The molecular formula is C9H11N3. The molecule has 0 radical (unpaired) electrons. The van der Waals surface area contributed by atoms with Crippen LogP contribution in [0.25, 0.3) is 5.65 Å². The number of nitrogens with two attached hydrogens (primary N) is 1. The number of hydrogen-bond acceptors (Lipinski definition) is 2. The summed E-state index contributed by atoms with van der Waals surface area (Å²) in [6.07, 6.45) is 4.00. The summed E-state index contributed by atoms with van der Waals surface area (Å²) in [4.78, 5) is 4.31. The minimum Gasteiger partial charge on any atom is -0.326 e. The zero-order valence-electron chi connectivity index (χ0n) is 6.99. The number of imidazole rings is 1. The number of aromatic nitrogens is 2. The smallest absolute Gasteiger partial charge is 0.136 e. The molecule has 0 fully saturated rings. The Kier molecular flexibility index (Phi) is 1.59. The second-order valence-corrected chi connectivity index (χ2v) is 2.89. The van der Waals surface area contributed by atoms with Crippen molar-refractivity contribution in [3.63, 3.8) is 0 Å². The molecule has 2 aromatic heterocycles. The summed E-state index contributed by atoms with van der Waals surface area (Å²) in [5.74, 6) is 0. The first-order valence-corrected chi connectivity index (χ1v) is 3.94. The molecule has 3 nitrogen and oxygen atoms in total. The SMILES string of the molecule is Cc1cn2cc(CN)ccc2n1. The van der Waals surface area contributed by atoms with E-state index < -0.39 is 0 Å². The summed E-state index contributed by atoms with van der Waals surface area (Å²) < 4.78 is 2.00. The zero-order valence-corrected chi connectivity index (χ0v) is 6.99. The lowest BCUT2D eigenvalue weighted by Gasteiger charge is -1.96. The van der Waals surface area contributed by atoms with Gasteiger partial charge in [-0.15, -0.1) is 0 Å². The van der Waals surface area contributed by atoms with Crippen LogP contribution in [0.2, 0.25) is 0 Å². The van der Waals surface area contributed by atoms with Gasteiger partial charge < -0.3 is 10.1 Å². The molecular weight excluding hydrogens is 150 g/mol. The summed E-state index contributed by atoms with van der Waals surface area (Å²) in [6, 6.07) is 3.98. The molecule has 0 atom stereocenters. The van der Waals surface area contributed by atoms with E-state index in [0.717, 1.165) is 16.9 Å². The van der Waals surface area contributed by atoms with Gasteiger partial charge in [0, 0.05) is 18.9 Å². The zero-order chi connectivity index (χ0) is 8.55. The fourth-order valence-electron chi connectivity index (χ4n) is 1.29. The molecule has 0 amide bonds. The highest BCUT2D eigenvalue weighted by Gasteiger charge is 1.96. The Morgan fingerprint density at radius 1 is 1.42 bits per heavy atom. The number of fused-ring (bicyclic) bond motifs is 1. The molecule has 62 valence electrons. The highest BCUT2D eigenvalue weighted by molar-refractivity contribution is 5.41. The fraction of sp³-hybridized carbons (Fsp3) is 0.222. The van der Waals surface area contributed by atoms with E-state index in [4.69, 9.17) is 5.73 Å². The highest BCUT2D eigenvalue weighted by Crippen LogP contribution is 2.06. The standard InChI is InChI=1S/C9H11N3/c1-7-5-12-6-8(4-10)2-3-9(12)11-7/h2-3,5-6H,4,10H2,1H3. The summed E-state index contributed by atoms with van der Waals surface area (Å²) in [6.45, 7) is 2.56. The fourth-order valence-corrected chi connectivity index (χ4v) is 1.29. The van der Waals surface area contributed by atoms with Crippen molar-refractivity contribution in [3.8, 4) is 0 Å². The summed E-state index contributed by atoms with van der Waals surface area (Å²) in [7, 11) is 0. The Hall–Kier alpha value is -1.35. The molecule has 2 heterocycles. The molecule has 0 unspecified atom stereocenters. The van der Waals surface area contributed by atoms with Gasteiger partial charge in [-0.2, -0.15) is 0 Å². The molecule has 0 aliphatic rings. The number of hydrogen-bond donors (Lipinski definition) is 1. The Labute approximate surface area is 70.8 Å². The predicted molar refractivity (Wildman–Crippen MR) is 47.8 cm³/mol. The maximum absolute atomic E-state index is 5.51. The Morgan fingerprint density at radius 2 is 2.25 bits per heavy atom. The minimum atomic E-state index is 0.577. The van der Waals surface area contributed by atoms with Crippen LogP contribution in [0.4, 0.5) is 0 Å². The van der Waals surface area contributed by atoms with Crippen LogP contribution in [0.15, 0.2) is 24.5 Å². The summed E-state index contributed by atoms with van der Waals surface area (Å²) in [5.41, 5.74) is 8.65. The van der Waals surface area contributed by atoms with Crippen LogP contribution in [0.3, 0.4) is 0 Å². The van der Waals surface area contributed by atoms with E-state index >= 15 is 0 Å². The first kappa shape index (κ1) is 7.31. The van der Waals surface area contributed by atoms with Gasteiger partial charge in [0.15, 0.2) is 0 Å². The van der Waals surface area contributed by atoms with Crippen LogP contribution >= 0.6 is 0 Å². The molecule has 0 aliphatic carbocycles. The molecule has 2 N–H and O–H groups in total. The second-order valence-electron chi connectivity index (χ2n) is 2.89. The first-order chi connectivity index (χ1) is 5.79. The van der Waals surface area contributed by atoms with Crippen molar-refractivity contribution in [2.75, 3.05) is 0 Å². The van der Waals surface area contributed by atoms with Crippen molar-refractivity contribution in [2.24, 2.45) is 5.73 Å². The minimum absolute atomic E-state index is 0.577. The average Bonchev–Trinajstić information content (AvgIpc) is 2.43. The van der Waals surface area contributed by atoms with Gasteiger partial charge in [0.2, 0.25) is 0 Å². The molecule has 2 rings (SSSR count). The van der Waals surface area contributed by atoms with E-state index in [1.807, 2.05) is 35.9 Å². The van der Waals surface area contributed by atoms with Crippen molar-refractivity contribution < 1.29 is 0 Å². The van der Waals surface area contributed by atoms with E-state index in [-0.39, 0.29) is 0 Å². The maximum atomic E-state index is 5.51. The van der Waals surface area contributed by atoms with E-state index in [1.165, 1.54) is 0 Å². The third kappa shape index (κ3) is 1.08. The van der Waals surface area contributed by atoms with Gasteiger partial charge in [-0.05, 0) is 18.6 Å². The molecule has 0 aliphatic heterocycles. The number of pyridine rings is 1. The van der Waals surface area contributed by atoms with E-state index in [0.29, 0.717) is 6.54 Å². The highest BCUT2D eigenvalue weighted by atomic mass is 15.0. The molecule has 0 saturated heterocycles. The van der Waals surface area contributed by atoms with Crippen molar-refractivity contribution >= 4 is 5.65 Å². The molecule has 0 aromatic carbocycles. The monoisotopic (exact) mass is 161 g/mol. The Bertz CT molecular complexity index is 403. The number of rotatable bonds is 1. The quantitative estimate of drug-likeness (QED) is 0.680. The second kappa shape index (κ2) is 2.60. The normalized spacial score (nSPS) is 10.8. The van der Waals surface area contributed by atoms with Gasteiger partial charge in [-0.3, -0.25) is 0 Å². The van der Waals surface area contributed by atoms with Gasteiger partial charge in [0.05, 0.1) is 5.69 Å². The molecule has 2 aromatic rings. The van der Waals surface area contributed by atoms with Crippen molar-refractivity contribution in [2.45, 2.75) is 13.5 Å². The van der Waals surface area contributed by atoms with Crippen LogP contribution in [0.1, 0.15) is 11.3 Å². The molecule has 0 bridgehead atoms. The lowest BCUT2D eigenvalue weighted by atomic mass is 10.3. The van der Waals surface area contributed by atoms with Gasteiger partial charge in [0.25, 0.3) is 0 Å². The molecule has 12 heavy (non-hydrogen) atoms. The van der Waals surface area contributed by atoms with Crippen LogP contribution in [0, 0.1) is 6.92 Å².